The highest BCUT2D eigenvalue weighted by molar-refractivity contribution is 5.89. The number of nitrogens with two attached hydrogens (primary N) is 1. The lowest BCUT2D eigenvalue weighted by Crippen LogP contribution is -2.49. The van der Waals surface area contributed by atoms with Crippen molar-refractivity contribution in [3.05, 3.63) is 47.0 Å². The highest BCUT2D eigenvalue weighted by Crippen LogP contribution is 2.56. The highest BCUT2D eigenvalue weighted by atomic mass is 16.6. The van der Waals surface area contributed by atoms with Crippen LogP contribution in [0.3, 0.4) is 0 Å². The average Bonchev–Trinajstić information content (AvgIpc) is 2.77. The maximum absolute atomic E-state index is 9.55. The smallest absolute Gasteiger partial charge is 0.328 e. The van der Waals surface area contributed by atoms with Gasteiger partial charge in [0.25, 0.3) is 0 Å². The number of nitrogens with zero attached hydrogens (tertiary/aromatic N) is 1. The van der Waals surface area contributed by atoms with Gasteiger partial charge >= 0.3 is 11.9 Å². The van der Waals surface area contributed by atoms with Crippen molar-refractivity contribution >= 4 is 18.2 Å². The van der Waals surface area contributed by atoms with Gasteiger partial charge in [-0.05, 0) is 72.6 Å². The number of hydrogen-bond donors (Lipinski definition) is 3. The fourth-order valence-corrected chi connectivity index (χ4v) is 5.58. The molecule has 7 heteroatoms. The molecule has 0 amide bonds. The zero-order valence-corrected chi connectivity index (χ0v) is 20.9. The second-order valence-corrected chi connectivity index (χ2v) is 10.2. The zero-order valence-electron chi connectivity index (χ0n) is 20.9. The minimum atomic E-state index is -1.26. The number of aryl methyl sites for hydroxylation is 1. The number of benzene rings is 1. The van der Waals surface area contributed by atoms with Crippen molar-refractivity contribution in [1.29, 1.82) is 0 Å². The summed E-state index contributed by atoms with van der Waals surface area (Å²) in [5.74, 6) is -1.29. The van der Waals surface area contributed by atoms with Gasteiger partial charge in [0.2, 0.25) is 0 Å². The molecule has 34 heavy (non-hydrogen) atoms. The molecule has 2 aliphatic rings. The molecule has 1 aromatic carbocycles. The summed E-state index contributed by atoms with van der Waals surface area (Å²) in [4.78, 5) is 24.6. The maximum atomic E-state index is 9.55. The Hall–Kier alpha value is -2.67. The number of fused-ring (bicyclic) bond motifs is 3. The van der Waals surface area contributed by atoms with E-state index in [0.29, 0.717) is 37.1 Å². The van der Waals surface area contributed by atoms with Gasteiger partial charge < -0.3 is 20.8 Å². The molecule has 7 nitrogen and oxygen atoms in total. The Balaban J connectivity index is 0.000000440. The van der Waals surface area contributed by atoms with Gasteiger partial charge in [-0.1, -0.05) is 57.5 Å². The van der Waals surface area contributed by atoms with Crippen LogP contribution in [0.25, 0.3) is 0 Å². The minimum absolute atomic E-state index is 0.115. The van der Waals surface area contributed by atoms with Gasteiger partial charge in [-0.2, -0.15) is 0 Å². The fraction of sp³-hybridized carbons (Fsp3) is 0.593. The Kier molecular flexibility index (Phi) is 9.86. The number of hydrogen-bond acceptors (Lipinski definition) is 5. The topological polar surface area (TPSA) is 122 Å². The van der Waals surface area contributed by atoms with Crippen LogP contribution in [0.4, 0.5) is 0 Å². The number of carboxylic acid groups (broad SMARTS) is 2. The van der Waals surface area contributed by atoms with Crippen LogP contribution in [0, 0.1) is 11.3 Å². The molecule has 1 unspecified atom stereocenters. The Morgan fingerprint density at radius 3 is 2.47 bits per heavy atom. The van der Waals surface area contributed by atoms with E-state index in [2.05, 4.69) is 57.3 Å². The first kappa shape index (κ1) is 27.6. The van der Waals surface area contributed by atoms with Gasteiger partial charge in [-0.25, -0.2) is 9.59 Å². The summed E-state index contributed by atoms with van der Waals surface area (Å²) in [6, 6.07) is 7.25. The van der Waals surface area contributed by atoms with Crippen LogP contribution >= 0.6 is 0 Å². The molecule has 1 saturated carbocycles. The molecule has 1 aromatic rings. The lowest BCUT2D eigenvalue weighted by molar-refractivity contribution is -0.134. The number of rotatable bonds is 8. The van der Waals surface area contributed by atoms with E-state index in [1.54, 1.807) is 11.1 Å². The molecule has 188 valence electrons. The summed E-state index contributed by atoms with van der Waals surface area (Å²) in [5.41, 5.74) is 10.5. The second kappa shape index (κ2) is 12.2. The van der Waals surface area contributed by atoms with E-state index in [9.17, 15) is 9.59 Å². The Bertz CT molecular complexity index is 894. The molecule has 0 aliphatic heterocycles. The number of oxime groups is 1. The molecule has 0 saturated heterocycles. The number of carboxylic acids is 2. The van der Waals surface area contributed by atoms with Crippen molar-refractivity contribution in [3.8, 4) is 0 Å². The lowest BCUT2D eigenvalue weighted by atomic mass is 9.50. The second-order valence-electron chi connectivity index (χ2n) is 10.2. The van der Waals surface area contributed by atoms with Gasteiger partial charge in [-0.3, -0.25) is 0 Å². The van der Waals surface area contributed by atoms with Gasteiger partial charge in [0.1, 0.15) is 6.61 Å². The first-order chi connectivity index (χ1) is 16.0. The molecular weight excluding hydrogens is 432 g/mol. The number of aliphatic carboxylic acids is 2. The molecule has 3 rings (SSSR count). The SMILES string of the molecule is CC(C)c1ccc2c(c1)CCC1[C@@](C)(/C=N/OCCCN)CCC[C@]21C.O=C(O)/C=C/C(=O)O. The molecule has 0 radical (unpaired) electrons. The van der Waals surface area contributed by atoms with Crippen molar-refractivity contribution in [2.24, 2.45) is 22.2 Å². The minimum Gasteiger partial charge on any atom is -0.478 e. The average molecular weight is 473 g/mol. The largest absolute Gasteiger partial charge is 0.478 e. The molecule has 4 N–H and O–H groups in total. The molecule has 0 heterocycles. The van der Waals surface area contributed by atoms with E-state index in [1.165, 1.54) is 37.7 Å². The summed E-state index contributed by atoms with van der Waals surface area (Å²) >= 11 is 0. The van der Waals surface area contributed by atoms with Crippen LogP contribution in [-0.2, 0) is 26.3 Å². The van der Waals surface area contributed by atoms with Crippen molar-refractivity contribution in [2.75, 3.05) is 13.2 Å². The van der Waals surface area contributed by atoms with Crippen LogP contribution < -0.4 is 5.73 Å². The zero-order chi connectivity index (χ0) is 25.4. The third kappa shape index (κ3) is 6.92. The first-order valence-corrected chi connectivity index (χ1v) is 12.2. The molecule has 0 spiro atoms. The Morgan fingerprint density at radius 2 is 1.88 bits per heavy atom. The quantitative estimate of drug-likeness (QED) is 0.214. The summed E-state index contributed by atoms with van der Waals surface area (Å²) in [7, 11) is 0. The van der Waals surface area contributed by atoms with E-state index in [-0.39, 0.29) is 10.8 Å². The van der Waals surface area contributed by atoms with Crippen molar-refractivity contribution in [2.45, 2.75) is 77.6 Å². The summed E-state index contributed by atoms with van der Waals surface area (Å²) < 4.78 is 0. The maximum Gasteiger partial charge on any atom is 0.328 e. The monoisotopic (exact) mass is 472 g/mol. The van der Waals surface area contributed by atoms with Gasteiger partial charge in [0, 0.05) is 23.8 Å². The summed E-state index contributed by atoms with van der Waals surface area (Å²) in [6.07, 6.45) is 10.3. The van der Waals surface area contributed by atoms with Crippen LogP contribution in [0.15, 0.2) is 35.5 Å². The Labute approximate surface area is 203 Å². The van der Waals surface area contributed by atoms with Gasteiger partial charge in [0.05, 0.1) is 0 Å². The van der Waals surface area contributed by atoms with Crippen molar-refractivity contribution < 1.29 is 24.6 Å². The van der Waals surface area contributed by atoms with Crippen molar-refractivity contribution in [1.82, 2.24) is 0 Å². The van der Waals surface area contributed by atoms with Crippen LogP contribution in [0.2, 0.25) is 0 Å². The highest BCUT2D eigenvalue weighted by Gasteiger charge is 2.51. The predicted molar refractivity (Wildman–Crippen MR) is 134 cm³/mol. The fourth-order valence-electron chi connectivity index (χ4n) is 5.58. The molecule has 0 aromatic heterocycles. The third-order valence-corrected chi connectivity index (χ3v) is 7.32. The molecule has 0 bridgehead atoms. The van der Waals surface area contributed by atoms with Gasteiger partial charge in [-0.15, -0.1) is 0 Å². The van der Waals surface area contributed by atoms with Crippen molar-refractivity contribution in [3.63, 3.8) is 0 Å². The number of carbonyl (C=O) groups is 2. The van der Waals surface area contributed by atoms with E-state index >= 15 is 0 Å². The van der Waals surface area contributed by atoms with Crippen LogP contribution in [-0.4, -0.2) is 41.5 Å². The normalized spacial score (nSPS) is 26.0. The third-order valence-electron chi connectivity index (χ3n) is 7.32. The summed E-state index contributed by atoms with van der Waals surface area (Å²) in [6.45, 7) is 10.7. The van der Waals surface area contributed by atoms with Crippen LogP contribution in [0.1, 0.15) is 82.4 Å². The van der Waals surface area contributed by atoms with E-state index in [4.69, 9.17) is 20.8 Å². The van der Waals surface area contributed by atoms with E-state index in [0.717, 1.165) is 6.42 Å². The standard InChI is InChI=1S/C23H36N2O.C4H4O4/c1-17(2)18-7-9-20-19(15-18)8-10-21-22(3,11-5-12-23(20,21)4)16-25-26-14-6-13-24;5-3(6)1-2-4(7)8/h7,9,15-17,21H,5-6,8,10-14,24H2,1-4H3;1-2H,(H,5,6)(H,7,8)/b25-16+;2-1+/t21?,22-,23-;/m1./s1. The Morgan fingerprint density at radius 1 is 1.21 bits per heavy atom. The molecule has 1 fully saturated rings. The van der Waals surface area contributed by atoms with E-state index < -0.39 is 11.9 Å². The molecule has 2 aliphatic carbocycles. The van der Waals surface area contributed by atoms with E-state index in [1.807, 2.05) is 0 Å². The molecule has 3 atom stereocenters. The predicted octanol–water partition coefficient (Wildman–Crippen LogP) is 4.88. The van der Waals surface area contributed by atoms with Gasteiger partial charge in [0.15, 0.2) is 0 Å². The lowest BCUT2D eigenvalue weighted by Gasteiger charge is -2.54. The summed E-state index contributed by atoms with van der Waals surface area (Å²) in [5, 5.41) is 20.0. The molecular formula is C27H40N2O5. The first-order valence-electron chi connectivity index (χ1n) is 12.2. The van der Waals surface area contributed by atoms with Crippen LogP contribution in [0.5, 0.6) is 0 Å².